The molecule has 1 aliphatic rings. The Bertz CT molecular complexity index is 3230. The molecule has 6 heteroatoms. The summed E-state index contributed by atoms with van der Waals surface area (Å²) in [7, 11) is 0. The van der Waals surface area contributed by atoms with Crippen molar-refractivity contribution in [3.63, 3.8) is 0 Å². The number of rotatable bonds is 8. The summed E-state index contributed by atoms with van der Waals surface area (Å²) in [6, 6.07) is 75.4. The zero-order chi connectivity index (χ0) is 42.5. The molecule has 64 heavy (non-hydrogen) atoms. The van der Waals surface area contributed by atoms with Gasteiger partial charge in [0.2, 0.25) is 0 Å². The molecule has 10 aromatic rings. The molecule has 0 N–H and O–H groups in total. The molecule has 314 valence electrons. The van der Waals surface area contributed by atoms with E-state index in [-0.39, 0.29) is 26.5 Å². The fourth-order valence-electron chi connectivity index (χ4n) is 8.89. The number of ether oxygens (including phenoxy) is 1. The van der Waals surface area contributed by atoms with E-state index in [9.17, 15) is 0 Å². The van der Waals surface area contributed by atoms with E-state index in [0.717, 1.165) is 67.1 Å². The molecule has 0 radical (unpaired) electrons. The maximum atomic E-state index is 6.67. The van der Waals surface area contributed by atoms with E-state index in [1.54, 1.807) is 0 Å². The van der Waals surface area contributed by atoms with E-state index in [1.807, 2.05) is 24.4 Å². The molecular weight excluding hydrogens is 964 g/mol. The summed E-state index contributed by atoms with van der Waals surface area (Å²) in [5.41, 5.74) is 14.2. The standard InChI is InChI=1S/C58H43N4O.Pt/c1-58(2,3)42-34-35-59-55(36-42)62-52-30-14-13-26-49(52)50-33-32-46(38-54(50)62)63-45-25-15-24-44(37-45)60-39-61(43-22-11-6-12-23-43)57-51(29-17-31-53(57)60)56-47(40-18-7-4-8-19-40)27-16-28-48(56)41-20-9-5-10-21-41;/h4-36,39H,1-3H3;/q-3;. The second-order valence-electron chi connectivity index (χ2n) is 16.9. The van der Waals surface area contributed by atoms with Gasteiger partial charge in [-0.15, -0.1) is 48.1 Å². The number of aromatic nitrogens is 2. The Balaban J connectivity index is 0.00000484. The first-order valence-corrected chi connectivity index (χ1v) is 21.4. The Morgan fingerprint density at radius 2 is 1.17 bits per heavy atom. The van der Waals surface area contributed by atoms with Gasteiger partial charge in [-0.3, -0.25) is 0 Å². The number of hydrogen-bond donors (Lipinski definition) is 0. The van der Waals surface area contributed by atoms with Crippen LogP contribution in [0.15, 0.2) is 200 Å². The molecule has 0 bridgehead atoms. The van der Waals surface area contributed by atoms with Crippen LogP contribution < -0.4 is 14.5 Å². The van der Waals surface area contributed by atoms with Gasteiger partial charge in [-0.2, -0.15) is 12.1 Å². The van der Waals surface area contributed by atoms with Crippen molar-refractivity contribution in [2.45, 2.75) is 26.2 Å². The normalized spacial score (nSPS) is 12.4. The number of fused-ring (bicyclic) bond motifs is 4. The minimum Gasteiger partial charge on any atom is -0.509 e. The van der Waals surface area contributed by atoms with Crippen LogP contribution in [0.1, 0.15) is 26.3 Å². The van der Waals surface area contributed by atoms with Crippen molar-refractivity contribution in [2.75, 3.05) is 9.80 Å². The van der Waals surface area contributed by atoms with Crippen molar-refractivity contribution in [3.05, 3.63) is 225 Å². The zero-order valence-corrected chi connectivity index (χ0v) is 37.9. The number of anilines is 4. The van der Waals surface area contributed by atoms with Gasteiger partial charge in [0.05, 0.1) is 0 Å². The number of para-hydroxylation sites is 3. The minimum atomic E-state index is -0.0278. The fourth-order valence-corrected chi connectivity index (χ4v) is 8.89. The molecular formula is C58H43N4OPt-3. The van der Waals surface area contributed by atoms with Gasteiger partial charge in [-0.05, 0) is 80.6 Å². The third kappa shape index (κ3) is 7.36. The van der Waals surface area contributed by atoms with E-state index in [1.165, 1.54) is 22.3 Å². The molecule has 5 nitrogen and oxygen atoms in total. The quantitative estimate of drug-likeness (QED) is 0.142. The van der Waals surface area contributed by atoms with Gasteiger partial charge in [0.25, 0.3) is 0 Å². The zero-order valence-electron chi connectivity index (χ0n) is 35.6. The minimum absolute atomic E-state index is 0. The van der Waals surface area contributed by atoms with Crippen LogP contribution in [0.4, 0.5) is 22.7 Å². The summed E-state index contributed by atoms with van der Waals surface area (Å²) in [6.07, 6.45) is 1.90. The third-order valence-electron chi connectivity index (χ3n) is 11.9. The molecule has 0 saturated carbocycles. The Hall–Kier alpha value is -7.20. The molecule has 3 heterocycles. The van der Waals surface area contributed by atoms with Crippen LogP contribution in [0, 0.1) is 18.8 Å². The first-order chi connectivity index (χ1) is 30.9. The molecule has 0 spiro atoms. The van der Waals surface area contributed by atoms with E-state index in [2.05, 4.69) is 230 Å². The van der Waals surface area contributed by atoms with Gasteiger partial charge in [0, 0.05) is 66.9 Å². The van der Waals surface area contributed by atoms with Gasteiger partial charge in [0.1, 0.15) is 5.82 Å². The predicted octanol–water partition coefficient (Wildman–Crippen LogP) is 15.3. The van der Waals surface area contributed by atoms with Crippen LogP contribution in [-0.4, -0.2) is 9.55 Å². The van der Waals surface area contributed by atoms with Crippen molar-refractivity contribution in [2.24, 2.45) is 0 Å². The molecule has 1 aliphatic heterocycles. The predicted molar refractivity (Wildman–Crippen MR) is 259 cm³/mol. The van der Waals surface area contributed by atoms with E-state index < -0.39 is 0 Å². The van der Waals surface area contributed by atoms with Crippen LogP contribution >= 0.6 is 0 Å². The molecule has 0 amide bonds. The second-order valence-corrected chi connectivity index (χ2v) is 16.9. The van der Waals surface area contributed by atoms with Gasteiger partial charge >= 0.3 is 0 Å². The van der Waals surface area contributed by atoms with Crippen LogP contribution in [0.2, 0.25) is 0 Å². The number of hydrogen-bond acceptors (Lipinski definition) is 4. The molecule has 0 unspecified atom stereocenters. The third-order valence-corrected chi connectivity index (χ3v) is 11.9. The van der Waals surface area contributed by atoms with Crippen LogP contribution in [0.3, 0.4) is 0 Å². The number of benzene rings is 8. The van der Waals surface area contributed by atoms with Crippen molar-refractivity contribution in [1.82, 2.24) is 9.55 Å². The van der Waals surface area contributed by atoms with Crippen LogP contribution in [0.25, 0.3) is 61.0 Å². The first kappa shape index (κ1) is 40.8. The topological polar surface area (TPSA) is 33.5 Å². The van der Waals surface area contributed by atoms with Crippen molar-refractivity contribution in [3.8, 4) is 50.7 Å². The SMILES string of the molecule is CC(C)(C)c1ccnc(-n2c3[c-]c(Oc4[c-]c(N5[CH-]N(c6ccccc6)c6c(-c7c(-c8ccccc8)cccc7-c7ccccc7)cccc65)ccc4)ccc3c3ccccc32)c1.[Pt]. The molecule has 8 aromatic carbocycles. The van der Waals surface area contributed by atoms with Crippen LogP contribution in [-0.2, 0) is 26.5 Å². The molecule has 0 aliphatic carbocycles. The maximum Gasteiger partial charge on any atom is 0.135 e. The summed E-state index contributed by atoms with van der Waals surface area (Å²) in [5, 5.41) is 2.22. The summed E-state index contributed by atoms with van der Waals surface area (Å²) in [5.74, 6) is 2.03. The maximum absolute atomic E-state index is 6.67. The van der Waals surface area contributed by atoms with Crippen molar-refractivity contribution in [1.29, 1.82) is 0 Å². The van der Waals surface area contributed by atoms with E-state index in [0.29, 0.717) is 11.5 Å². The summed E-state index contributed by atoms with van der Waals surface area (Å²) in [4.78, 5) is 9.37. The van der Waals surface area contributed by atoms with Crippen molar-refractivity contribution < 1.29 is 25.8 Å². The largest absolute Gasteiger partial charge is 0.509 e. The Labute approximate surface area is 389 Å². The molecule has 2 aromatic heterocycles. The molecule has 0 fully saturated rings. The Morgan fingerprint density at radius 1 is 0.547 bits per heavy atom. The number of nitrogens with zero attached hydrogens (tertiary/aromatic N) is 4. The van der Waals surface area contributed by atoms with Gasteiger partial charge in [0.15, 0.2) is 0 Å². The summed E-state index contributed by atoms with van der Waals surface area (Å²) in [6.45, 7) is 8.85. The average Bonchev–Trinajstić information content (AvgIpc) is 3.88. The van der Waals surface area contributed by atoms with E-state index in [4.69, 9.17) is 9.72 Å². The average molecular weight is 1010 g/mol. The van der Waals surface area contributed by atoms with E-state index >= 15 is 0 Å². The van der Waals surface area contributed by atoms with Gasteiger partial charge in [-0.25, -0.2) is 4.98 Å². The first-order valence-electron chi connectivity index (χ1n) is 21.4. The Morgan fingerprint density at radius 3 is 1.89 bits per heavy atom. The Kier molecular flexibility index (Phi) is 10.7. The fraction of sp³-hybridized carbons (Fsp3) is 0.0690. The number of pyridine rings is 1. The molecule has 0 atom stereocenters. The summed E-state index contributed by atoms with van der Waals surface area (Å²) < 4.78 is 8.87. The van der Waals surface area contributed by atoms with Crippen molar-refractivity contribution >= 4 is 44.6 Å². The van der Waals surface area contributed by atoms with Crippen LogP contribution in [0.5, 0.6) is 11.5 Å². The monoisotopic (exact) mass is 1010 g/mol. The van der Waals surface area contributed by atoms with Gasteiger partial charge < -0.3 is 19.1 Å². The smallest absolute Gasteiger partial charge is 0.135 e. The summed E-state index contributed by atoms with van der Waals surface area (Å²) >= 11 is 0. The van der Waals surface area contributed by atoms with Gasteiger partial charge in [-0.1, -0.05) is 154 Å². The second kappa shape index (κ2) is 16.8. The molecule has 11 rings (SSSR count). The molecule has 0 saturated heterocycles.